The molecule has 0 aliphatic heterocycles. The van der Waals surface area contributed by atoms with Crippen LogP contribution in [0.25, 0.3) is 0 Å². The van der Waals surface area contributed by atoms with Crippen LogP contribution in [0.15, 0.2) is 0 Å². The lowest BCUT2D eigenvalue weighted by Gasteiger charge is -2.24. The topological polar surface area (TPSA) is 313 Å². The maximum atomic E-state index is 12.7. The molecule has 0 heterocycles. The number of aliphatic carboxylic acids is 3. The highest BCUT2D eigenvalue weighted by Gasteiger charge is 2.32. The molecule has 0 radical (unpaired) electrons. The number of carboxylic acid groups (broad SMARTS) is 3. The molecule has 4 atom stereocenters. The fourth-order valence-electron chi connectivity index (χ4n) is 3.02. The van der Waals surface area contributed by atoms with Crippen LogP contribution in [-0.4, -0.2) is 94.2 Å². The summed E-state index contributed by atoms with van der Waals surface area (Å²) >= 11 is 0. The van der Waals surface area contributed by atoms with Gasteiger partial charge in [0.25, 0.3) is 0 Å². The third-order valence-electron chi connectivity index (χ3n) is 4.93. The van der Waals surface area contributed by atoms with Gasteiger partial charge >= 0.3 is 17.9 Å². The Hall–Kier alpha value is -3.99. The Morgan fingerprint density at radius 3 is 1.65 bits per heavy atom. The Labute approximate surface area is 212 Å². The van der Waals surface area contributed by atoms with E-state index in [9.17, 15) is 33.9 Å². The van der Waals surface area contributed by atoms with E-state index in [1.54, 1.807) is 0 Å². The van der Waals surface area contributed by atoms with Crippen LogP contribution >= 0.6 is 0 Å². The fraction of sp³-hybridized carbons (Fsp3) is 0.650. The minimum absolute atomic E-state index is 0.00350. The zero-order valence-corrected chi connectivity index (χ0v) is 20.2. The number of carboxylic acids is 3. The van der Waals surface area contributed by atoms with Crippen molar-refractivity contribution in [1.82, 2.24) is 21.3 Å². The Morgan fingerprint density at radius 1 is 0.730 bits per heavy atom. The number of hydrogen-bond donors (Lipinski definition) is 11. The molecule has 0 aliphatic rings. The molecule has 210 valence electrons. The number of carbonyl (C=O) groups is 6. The van der Waals surface area contributed by atoms with Crippen molar-refractivity contribution in [2.45, 2.75) is 69.1 Å². The van der Waals surface area contributed by atoms with E-state index in [0.29, 0.717) is 25.8 Å². The zero-order chi connectivity index (χ0) is 28.5. The fourth-order valence-corrected chi connectivity index (χ4v) is 3.02. The number of rotatable bonds is 19. The molecule has 37 heavy (non-hydrogen) atoms. The number of carbonyl (C=O) groups excluding carboxylic acids is 3. The molecule has 0 bridgehead atoms. The number of guanidine groups is 1. The normalized spacial score (nSPS) is 13.8. The van der Waals surface area contributed by atoms with Gasteiger partial charge in [-0.25, -0.2) is 4.79 Å². The van der Waals surface area contributed by atoms with E-state index in [1.807, 2.05) is 0 Å². The molecule has 14 N–H and O–H groups in total. The smallest absolute Gasteiger partial charge is 0.326 e. The van der Waals surface area contributed by atoms with E-state index in [0.717, 1.165) is 0 Å². The zero-order valence-electron chi connectivity index (χ0n) is 20.2. The third kappa shape index (κ3) is 14.9. The van der Waals surface area contributed by atoms with Crippen molar-refractivity contribution in [1.29, 1.82) is 5.41 Å². The maximum Gasteiger partial charge on any atom is 0.326 e. The van der Waals surface area contributed by atoms with Crippen LogP contribution in [0.5, 0.6) is 0 Å². The number of unbranched alkanes of at least 4 members (excludes halogenated alkanes) is 1. The number of amides is 3. The molecule has 0 rings (SSSR count). The van der Waals surface area contributed by atoms with Crippen LogP contribution in [0.4, 0.5) is 0 Å². The van der Waals surface area contributed by atoms with Crippen molar-refractivity contribution in [3.8, 4) is 0 Å². The van der Waals surface area contributed by atoms with Crippen molar-refractivity contribution in [2.24, 2.45) is 17.2 Å². The summed E-state index contributed by atoms with van der Waals surface area (Å²) in [6, 6.07) is -6.01. The highest BCUT2D eigenvalue weighted by Crippen LogP contribution is 2.05. The molecule has 0 fully saturated rings. The molecule has 0 unspecified atom stereocenters. The van der Waals surface area contributed by atoms with Gasteiger partial charge in [-0.3, -0.25) is 29.4 Å². The summed E-state index contributed by atoms with van der Waals surface area (Å²) in [7, 11) is 0. The molecular weight excluding hydrogens is 496 g/mol. The lowest BCUT2D eigenvalue weighted by molar-refractivity contribution is -0.145. The monoisotopic (exact) mass is 532 g/mol. The van der Waals surface area contributed by atoms with Gasteiger partial charge in [-0.05, 0) is 38.6 Å². The Bertz CT molecular complexity index is 839. The summed E-state index contributed by atoms with van der Waals surface area (Å²) < 4.78 is 0. The van der Waals surface area contributed by atoms with E-state index in [-0.39, 0.29) is 25.3 Å². The first-order valence-corrected chi connectivity index (χ1v) is 11.4. The van der Waals surface area contributed by atoms with Crippen molar-refractivity contribution in [2.75, 3.05) is 13.1 Å². The summed E-state index contributed by atoms with van der Waals surface area (Å²) in [6.45, 7) is 0.540. The molecule has 0 aliphatic carbocycles. The highest BCUT2D eigenvalue weighted by atomic mass is 16.4. The molecule has 0 saturated carbocycles. The Balaban J connectivity index is 5.38. The van der Waals surface area contributed by atoms with Gasteiger partial charge in [0.15, 0.2) is 5.96 Å². The van der Waals surface area contributed by atoms with Crippen molar-refractivity contribution in [3.63, 3.8) is 0 Å². The first kappa shape index (κ1) is 33.0. The van der Waals surface area contributed by atoms with Crippen LogP contribution in [0.1, 0.15) is 44.9 Å². The van der Waals surface area contributed by atoms with Crippen LogP contribution in [0, 0.1) is 5.41 Å². The average molecular weight is 533 g/mol. The molecular formula is C20H36N8O9. The lowest BCUT2D eigenvalue weighted by atomic mass is 10.1. The summed E-state index contributed by atoms with van der Waals surface area (Å²) in [5.41, 5.74) is 16.3. The van der Waals surface area contributed by atoms with E-state index >= 15 is 0 Å². The maximum absolute atomic E-state index is 12.7. The predicted octanol–water partition coefficient (Wildman–Crippen LogP) is -3.81. The predicted molar refractivity (Wildman–Crippen MR) is 128 cm³/mol. The largest absolute Gasteiger partial charge is 0.481 e. The van der Waals surface area contributed by atoms with Crippen LogP contribution in [0.2, 0.25) is 0 Å². The van der Waals surface area contributed by atoms with Gasteiger partial charge in [0.05, 0.1) is 18.9 Å². The van der Waals surface area contributed by atoms with Gasteiger partial charge in [-0.1, -0.05) is 0 Å². The van der Waals surface area contributed by atoms with Crippen LogP contribution < -0.4 is 38.5 Å². The highest BCUT2D eigenvalue weighted by molar-refractivity contribution is 5.96. The van der Waals surface area contributed by atoms with Gasteiger partial charge in [-0.15, -0.1) is 0 Å². The molecule has 17 heteroatoms. The van der Waals surface area contributed by atoms with Crippen LogP contribution in [-0.2, 0) is 28.8 Å². The molecule has 0 aromatic heterocycles. The van der Waals surface area contributed by atoms with Gasteiger partial charge in [0.1, 0.15) is 18.1 Å². The first-order valence-electron chi connectivity index (χ1n) is 11.4. The van der Waals surface area contributed by atoms with Gasteiger partial charge in [0, 0.05) is 6.54 Å². The number of hydrogen-bond acceptors (Lipinski definition) is 9. The van der Waals surface area contributed by atoms with Crippen molar-refractivity contribution in [3.05, 3.63) is 0 Å². The van der Waals surface area contributed by atoms with E-state index in [4.69, 9.17) is 32.8 Å². The lowest BCUT2D eigenvalue weighted by Crippen LogP contribution is -2.57. The van der Waals surface area contributed by atoms with Crippen molar-refractivity contribution < 1.29 is 44.1 Å². The summed E-state index contributed by atoms with van der Waals surface area (Å²) in [6.07, 6.45) is -0.581. The number of nitrogens with one attached hydrogen (secondary N) is 5. The summed E-state index contributed by atoms with van der Waals surface area (Å²) in [4.78, 5) is 71.6. The van der Waals surface area contributed by atoms with E-state index in [1.165, 1.54) is 0 Å². The molecule has 0 aromatic carbocycles. The van der Waals surface area contributed by atoms with E-state index in [2.05, 4.69) is 21.3 Å². The second kappa shape index (κ2) is 17.4. The van der Waals surface area contributed by atoms with E-state index < -0.39 is 72.6 Å². The molecule has 3 amide bonds. The molecule has 17 nitrogen and oxygen atoms in total. The Kier molecular flexibility index (Phi) is 15.6. The minimum atomic E-state index is -1.76. The third-order valence-corrected chi connectivity index (χ3v) is 4.93. The second-order valence-corrected chi connectivity index (χ2v) is 8.09. The average Bonchev–Trinajstić information content (AvgIpc) is 2.79. The number of nitrogens with two attached hydrogens (primary N) is 3. The van der Waals surface area contributed by atoms with Gasteiger partial charge in [-0.2, -0.15) is 0 Å². The second-order valence-electron chi connectivity index (χ2n) is 8.09. The standard InChI is InChI=1S/C20H36N8O9/c21-6-2-1-5-11(19(36)37)26-17(34)13(9-15(31)32)28-18(35)12(8-14(29)30)27-16(33)10(22)4-3-7-25-20(23)24/h10-13H,1-9,21-22H2,(H,26,34)(H,27,33)(H,28,35)(H,29,30)(H,31,32)(H,36,37)(H4,23,24,25)/t10-,11-,12-,13-/m0/s1. The molecule has 0 aromatic rings. The summed E-state index contributed by atoms with van der Waals surface area (Å²) in [5, 5.41) is 43.5. The van der Waals surface area contributed by atoms with Crippen molar-refractivity contribution >= 4 is 41.6 Å². The van der Waals surface area contributed by atoms with Gasteiger partial charge in [0.2, 0.25) is 17.7 Å². The SMILES string of the molecule is N=C(N)NCCC[C@H](N)C(=O)N[C@@H](CC(=O)O)C(=O)N[C@@H](CC(=O)O)C(=O)N[C@@H](CCCCN)C(=O)O. The molecule has 0 saturated heterocycles. The summed E-state index contributed by atoms with van der Waals surface area (Å²) in [5.74, 6) is -7.83. The molecule has 0 spiro atoms. The quantitative estimate of drug-likeness (QED) is 0.0432. The van der Waals surface area contributed by atoms with Crippen LogP contribution in [0.3, 0.4) is 0 Å². The first-order chi connectivity index (χ1) is 17.3. The minimum Gasteiger partial charge on any atom is -0.481 e. The Morgan fingerprint density at radius 2 is 1.22 bits per heavy atom. The van der Waals surface area contributed by atoms with Gasteiger partial charge < -0.3 is 53.8 Å².